The van der Waals surface area contributed by atoms with Gasteiger partial charge in [0.15, 0.2) is 5.78 Å². The van der Waals surface area contributed by atoms with Crippen molar-refractivity contribution in [3.05, 3.63) is 75.4 Å². The number of carbonyl (C=O) groups is 3. The number of nitrogens with zero attached hydrogens (tertiary/aromatic N) is 2. The number of fused-ring (bicyclic) bond motifs is 8. The van der Waals surface area contributed by atoms with Crippen LogP contribution in [0.4, 0.5) is 0 Å². The lowest BCUT2D eigenvalue weighted by Crippen LogP contribution is -2.21. The summed E-state index contributed by atoms with van der Waals surface area (Å²) in [4.78, 5) is 56.2. The third-order valence-corrected chi connectivity index (χ3v) is 10.0. The molecule has 8 bridgehead atoms. The van der Waals surface area contributed by atoms with E-state index in [1.807, 2.05) is 39.0 Å². The summed E-state index contributed by atoms with van der Waals surface area (Å²) in [5.41, 5.74) is 9.95. The molecule has 9 heteroatoms. The van der Waals surface area contributed by atoms with Crippen LogP contribution in [-0.2, 0) is 14.3 Å². The predicted molar refractivity (Wildman–Crippen MR) is 169 cm³/mol. The zero-order valence-electron chi connectivity index (χ0n) is 26.0. The standard InChI is InChI=1S/C35H38N4O5/c1-8-19-15(3)22-12-24-17(5)21(10-11-28(40)41)32(38-24)30-31(35(43)44-7)34(42)29-18(6)25(39-33(29)30)14-27-20(9-2)16(4)23(37-27)13-26(19)36-22/h8,12-14,16-17,20-21,31,36,39H,1,9-11H2,2-7H3,(H,40,41). The molecule has 3 aliphatic rings. The first-order chi connectivity index (χ1) is 21.0. The van der Waals surface area contributed by atoms with E-state index in [-0.39, 0.29) is 35.9 Å². The van der Waals surface area contributed by atoms with Crippen LogP contribution in [0.5, 0.6) is 0 Å². The lowest BCUT2D eigenvalue weighted by molar-refractivity contribution is -0.141. The molecule has 0 radical (unpaired) electrons. The molecule has 3 aromatic rings. The molecule has 5 unspecified atom stereocenters. The van der Waals surface area contributed by atoms with E-state index in [9.17, 15) is 19.5 Å². The minimum Gasteiger partial charge on any atom is -0.481 e. The predicted octanol–water partition coefficient (Wildman–Crippen LogP) is 7.08. The van der Waals surface area contributed by atoms with E-state index in [0.717, 1.165) is 56.7 Å². The summed E-state index contributed by atoms with van der Waals surface area (Å²) in [5.74, 6) is -3.23. The number of aromatic nitrogens is 4. The van der Waals surface area contributed by atoms with Crippen LogP contribution in [0, 0.1) is 13.8 Å². The Morgan fingerprint density at radius 1 is 0.977 bits per heavy atom. The quantitative estimate of drug-likeness (QED) is 0.205. The summed E-state index contributed by atoms with van der Waals surface area (Å²) >= 11 is 0. The van der Waals surface area contributed by atoms with Crippen LogP contribution >= 0.6 is 0 Å². The van der Waals surface area contributed by atoms with Crippen molar-refractivity contribution in [3.63, 3.8) is 0 Å². The van der Waals surface area contributed by atoms with Crippen molar-refractivity contribution in [2.24, 2.45) is 0 Å². The van der Waals surface area contributed by atoms with E-state index < -0.39 is 17.9 Å². The number of aliphatic carboxylic acids is 1. The van der Waals surface area contributed by atoms with Crippen molar-refractivity contribution in [1.82, 2.24) is 19.9 Å². The molecule has 44 heavy (non-hydrogen) atoms. The second-order valence-electron chi connectivity index (χ2n) is 12.3. The highest BCUT2D eigenvalue weighted by molar-refractivity contribution is 6.23. The number of carbonyl (C=O) groups excluding carboxylic acids is 2. The van der Waals surface area contributed by atoms with Gasteiger partial charge in [-0.05, 0) is 56.0 Å². The van der Waals surface area contributed by atoms with Gasteiger partial charge in [-0.25, -0.2) is 0 Å². The van der Waals surface area contributed by atoms with E-state index in [2.05, 4.69) is 36.5 Å². The maximum atomic E-state index is 14.0. The second kappa shape index (κ2) is 10.9. The molecule has 1 aliphatic carbocycles. The smallest absolute Gasteiger partial charge is 0.321 e. The Labute approximate surface area is 255 Å². The Kier molecular flexibility index (Phi) is 7.30. The number of hydrogen-bond acceptors (Lipinski definition) is 6. The number of aromatic amines is 2. The topological polar surface area (TPSA) is 138 Å². The van der Waals surface area contributed by atoms with Crippen molar-refractivity contribution >= 4 is 45.9 Å². The van der Waals surface area contributed by atoms with Crippen LogP contribution in [0.15, 0.2) is 24.8 Å². The zero-order valence-corrected chi connectivity index (χ0v) is 26.0. The largest absolute Gasteiger partial charge is 0.481 e. The summed E-state index contributed by atoms with van der Waals surface area (Å²) in [7, 11) is 1.27. The number of H-pyrrole nitrogens is 2. The molecule has 0 saturated carbocycles. The molecule has 2 aliphatic heterocycles. The maximum Gasteiger partial charge on any atom is 0.321 e. The SMILES string of the molecule is C=Cc1c(C)c2cc3nc(c4c5[nH]c(cc6nc(cc1[nH]2)C(C)C6CC)c(C)c5C(=O)C4C(=O)OC)C(CCC(=O)O)C3C. The van der Waals surface area contributed by atoms with Gasteiger partial charge in [-0.3, -0.25) is 24.4 Å². The average molecular weight is 595 g/mol. The molecule has 5 atom stereocenters. The summed E-state index contributed by atoms with van der Waals surface area (Å²) < 4.78 is 5.14. The van der Waals surface area contributed by atoms with Crippen LogP contribution in [0.25, 0.3) is 28.1 Å². The highest BCUT2D eigenvalue weighted by Crippen LogP contribution is 2.48. The number of Topliss-reactive ketones (excluding diaryl/α,β-unsaturated/α-hetero) is 1. The van der Waals surface area contributed by atoms with Gasteiger partial charge in [0.2, 0.25) is 0 Å². The van der Waals surface area contributed by atoms with E-state index >= 15 is 0 Å². The van der Waals surface area contributed by atoms with E-state index in [4.69, 9.17) is 14.7 Å². The number of aryl methyl sites for hydroxylation is 2. The number of carboxylic acid groups (broad SMARTS) is 1. The van der Waals surface area contributed by atoms with Gasteiger partial charge < -0.3 is 19.8 Å². The Balaban J connectivity index is 1.80. The van der Waals surface area contributed by atoms with Crippen LogP contribution in [-0.4, -0.2) is 49.9 Å². The normalized spacial score (nSPS) is 22.3. The number of methoxy groups -OCH3 is 1. The van der Waals surface area contributed by atoms with Gasteiger partial charge in [0.25, 0.3) is 0 Å². The summed E-state index contributed by atoms with van der Waals surface area (Å²) in [6.45, 7) is 14.3. The molecule has 0 spiro atoms. The highest BCUT2D eigenvalue weighted by atomic mass is 16.5. The van der Waals surface area contributed by atoms with Crippen molar-refractivity contribution < 1.29 is 24.2 Å². The van der Waals surface area contributed by atoms with Crippen molar-refractivity contribution in [3.8, 4) is 0 Å². The molecule has 6 rings (SSSR count). The molecule has 9 nitrogen and oxygen atoms in total. The Morgan fingerprint density at radius 2 is 1.61 bits per heavy atom. The first-order valence-corrected chi connectivity index (χ1v) is 15.2. The fraction of sp³-hybridized carbons (Fsp3) is 0.400. The minimum atomic E-state index is -1.18. The number of ether oxygens (including phenoxy) is 1. The average Bonchev–Trinajstić information content (AvgIpc) is 3.72. The molecule has 3 aromatic heterocycles. The Hall–Kier alpha value is -4.53. The monoisotopic (exact) mass is 594 g/mol. The first kappa shape index (κ1) is 29.5. The van der Waals surface area contributed by atoms with Crippen LogP contribution in [0.3, 0.4) is 0 Å². The van der Waals surface area contributed by atoms with Crippen molar-refractivity contribution in [2.45, 2.75) is 83.5 Å². The van der Waals surface area contributed by atoms with Crippen LogP contribution < -0.4 is 0 Å². The van der Waals surface area contributed by atoms with Gasteiger partial charge in [-0.15, -0.1) is 0 Å². The molecule has 0 saturated heterocycles. The number of esters is 1. The fourth-order valence-corrected chi connectivity index (χ4v) is 7.44. The number of rotatable bonds is 6. The molecule has 5 heterocycles. The molecule has 0 fully saturated rings. The zero-order chi connectivity index (χ0) is 31.6. The number of nitrogens with one attached hydrogen (secondary N) is 2. The van der Waals surface area contributed by atoms with Gasteiger partial charge in [-0.1, -0.05) is 33.4 Å². The van der Waals surface area contributed by atoms with Gasteiger partial charge in [0.1, 0.15) is 5.92 Å². The van der Waals surface area contributed by atoms with Crippen LogP contribution in [0.2, 0.25) is 0 Å². The second-order valence-corrected chi connectivity index (χ2v) is 12.3. The van der Waals surface area contributed by atoms with Gasteiger partial charge in [-0.2, -0.15) is 0 Å². The van der Waals surface area contributed by atoms with Gasteiger partial charge in [0.05, 0.1) is 18.3 Å². The lowest BCUT2D eigenvalue weighted by atomic mass is 9.84. The molecular weight excluding hydrogens is 556 g/mol. The summed E-state index contributed by atoms with van der Waals surface area (Å²) in [6, 6.07) is 6.12. The summed E-state index contributed by atoms with van der Waals surface area (Å²) in [5, 5.41) is 9.60. The molecular formula is C35H38N4O5. The minimum absolute atomic E-state index is 0.0721. The highest BCUT2D eigenvalue weighted by Gasteiger charge is 2.45. The number of ketones is 1. The molecule has 0 amide bonds. The third kappa shape index (κ3) is 4.40. The lowest BCUT2D eigenvalue weighted by Gasteiger charge is -2.18. The number of carboxylic acids is 1. The maximum absolute atomic E-state index is 14.0. The van der Waals surface area contributed by atoms with E-state index in [1.54, 1.807) is 0 Å². The number of hydrogen-bond donors (Lipinski definition) is 3. The van der Waals surface area contributed by atoms with Gasteiger partial charge in [0, 0.05) is 80.4 Å². The first-order valence-electron chi connectivity index (χ1n) is 15.2. The van der Waals surface area contributed by atoms with Crippen molar-refractivity contribution in [1.29, 1.82) is 0 Å². The molecule has 0 aromatic carbocycles. The molecule has 3 N–H and O–H groups in total. The van der Waals surface area contributed by atoms with E-state index in [0.29, 0.717) is 28.8 Å². The Bertz CT molecular complexity index is 1920. The fourth-order valence-electron chi connectivity index (χ4n) is 7.44. The summed E-state index contributed by atoms with van der Waals surface area (Å²) in [6.07, 6.45) is 2.97. The van der Waals surface area contributed by atoms with Crippen molar-refractivity contribution in [2.75, 3.05) is 7.11 Å². The van der Waals surface area contributed by atoms with E-state index in [1.165, 1.54) is 7.11 Å². The third-order valence-electron chi connectivity index (χ3n) is 10.0. The molecule has 228 valence electrons. The Morgan fingerprint density at radius 3 is 2.27 bits per heavy atom. The van der Waals surface area contributed by atoms with Crippen LogP contribution in [0.1, 0.15) is 125 Å². The van der Waals surface area contributed by atoms with Gasteiger partial charge >= 0.3 is 11.9 Å².